The minimum atomic E-state index is -1.10. The average molecular weight is 233 g/mol. The van der Waals surface area contributed by atoms with Gasteiger partial charge in [-0.3, -0.25) is 0 Å². The molecule has 2 atom stereocenters. The number of fused-ring (bicyclic) bond motifs is 1. The van der Waals surface area contributed by atoms with Crippen molar-refractivity contribution in [2.45, 2.75) is 24.6 Å². The maximum Gasteiger partial charge on any atom is 0.163 e. The molecular formula is C13H12FNO2. The van der Waals surface area contributed by atoms with Gasteiger partial charge in [-0.15, -0.1) is 0 Å². The van der Waals surface area contributed by atoms with E-state index < -0.39 is 11.8 Å². The third-order valence-corrected chi connectivity index (χ3v) is 3.50. The first-order valence-electron chi connectivity index (χ1n) is 5.67. The smallest absolute Gasteiger partial charge is 0.163 e. The van der Waals surface area contributed by atoms with E-state index in [1.807, 2.05) is 0 Å². The zero-order valence-electron chi connectivity index (χ0n) is 9.28. The number of halogens is 1. The first kappa shape index (κ1) is 10.5. The van der Waals surface area contributed by atoms with Gasteiger partial charge in [0.25, 0.3) is 0 Å². The Bertz CT molecular complexity index is 497. The largest absolute Gasteiger partial charge is 0.483 e. The van der Waals surface area contributed by atoms with E-state index >= 15 is 0 Å². The molecule has 1 aromatic carbocycles. The summed E-state index contributed by atoms with van der Waals surface area (Å²) in [7, 11) is 0. The van der Waals surface area contributed by atoms with Crippen LogP contribution >= 0.6 is 0 Å². The molecule has 0 aromatic heterocycles. The topological polar surface area (TPSA) is 42.2 Å². The van der Waals surface area contributed by atoms with Gasteiger partial charge in [-0.05, 0) is 23.8 Å². The second kappa shape index (κ2) is 3.71. The lowest BCUT2D eigenvalue weighted by Gasteiger charge is -2.35. The zero-order chi connectivity index (χ0) is 11.9. The van der Waals surface area contributed by atoms with E-state index in [0.29, 0.717) is 30.8 Å². The Kier molecular flexibility index (Phi) is 2.30. The number of ether oxygens (including phenoxy) is 2. The maximum atomic E-state index is 14.0. The van der Waals surface area contributed by atoms with Crippen molar-refractivity contribution in [3.63, 3.8) is 0 Å². The van der Waals surface area contributed by atoms with Crippen LogP contribution in [-0.2, 0) is 11.2 Å². The molecule has 1 aromatic rings. The van der Waals surface area contributed by atoms with Crippen LogP contribution in [0.25, 0.3) is 0 Å². The van der Waals surface area contributed by atoms with Crippen LogP contribution in [0.5, 0.6) is 5.75 Å². The molecule has 4 heteroatoms. The third-order valence-electron chi connectivity index (χ3n) is 3.50. The van der Waals surface area contributed by atoms with Crippen molar-refractivity contribution in [2.24, 2.45) is 0 Å². The summed E-state index contributed by atoms with van der Waals surface area (Å²) in [5.74, 6) is 0.702. The SMILES string of the molecule is N#Cc1ccc2c(c1)CC1(CCOCC1F)O2. The Morgan fingerprint density at radius 2 is 2.35 bits per heavy atom. The molecule has 0 aliphatic carbocycles. The van der Waals surface area contributed by atoms with Gasteiger partial charge >= 0.3 is 0 Å². The molecule has 1 fully saturated rings. The molecule has 2 unspecified atom stereocenters. The number of alkyl halides is 1. The number of hydrogen-bond acceptors (Lipinski definition) is 3. The molecule has 88 valence electrons. The lowest BCUT2D eigenvalue weighted by atomic mass is 9.87. The second-order valence-electron chi connectivity index (χ2n) is 4.57. The van der Waals surface area contributed by atoms with Crippen molar-refractivity contribution in [1.29, 1.82) is 5.26 Å². The average Bonchev–Trinajstić information content (AvgIpc) is 2.71. The summed E-state index contributed by atoms with van der Waals surface area (Å²) < 4.78 is 24.9. The summed E-state index contributed by atoms with van der Waals surface area (Å²) in [6, 6.07) is 7.32. The molecular weight excluding hydrogens is 221 g/mol. The van der Waals surface area contributed by atoms with Gasteiger partial charge in [0.05, 0.1) is 24.8 Å². The Morgan fingerprint density at radius 3 is 3.12 bits per heavy atom. The first-order chi connectivity index (χ1) is 8.23. The van der Waals surface area contributed by atoms with Gasteiger partial charge in [-0.25, -0.2) is 4.39 Å². The Balaban J connectivity index is 1.94. The maximum absolute atomic E-state index is 14.0. The fraction of sp³-hybridized carbons (Fsp3) is 0.462. The highest BCUT2D eigenvalue weighted by Crippen LogP contribution is 2.42. The number of hydrogen-bond donors (Lipinski definition) is 0. The molecule has 0 bridgehead atoms. The minimum Gasteiger partial charge on any atom is -0.483 e. The molecule has 0 radical (unpaired) electrons. The van der Waals surface area contributed by atoms with Gasteiger partial charge in [0.1, 0.15) is 11.4 Å². The molecule has 2 aliphatic heterocycles. The van der Waals surface area contributed by atoms with Crippen molar-refractivity contribution in [1.82, 2.24) is 0 Å². The molecule has 1 spiro atoms. The molecule has 3 rings (SSSR count). The second-order valence-corrected chi connectivity index (χ2v) is 4.57. The number of benzene rings is 1. The van der Waals surface area contributed by atoms with E-state index in [4.69, 9.17) is 14.7 Å². The van der Waals surface area contributed by atoms with Crippen LogP contribution in [0.2, 0.25) is 0 Å². The molecule has 0 amide bonds. The molecule has 0 N–H and O–H groups in total. The summed E-state index contributed by atoms with van der Waals surface area (Å²) in [4.78, 5) is 0. The van der Waals surface area contributed by atoms with Gasteiger partial charge in [0, 0.05) is 12.8 Å². The van der Waals surface area contributed by atoms with Crippen molar-refractivity contribution < 1.29 is 13.9 Å². The van der Waals surface area contributed by atoms with E-state index in [2.05, 4.69) is 6.07 Å². The predicted molar refractivity (Wildman–Crippen MR) is 58.6 cm³/mol. The molecule has 3 nitrogen and oxygen atoms in total. The number of nitrogens with zero attached hydrogens (tertiary/aromatic N) is 1. The quantitative estimate of drug-likeness (QED) is 0.688. The van der Waals surface area contributed by atoms with Crippen LogP contribution < -0.4 is 4.74 Å². The zero-order valence-corrected chi connectivity index (χ0v) is 9.28. The number of nitriles is 1. The van der Waals surface area contributed by atoms with E-state index in [-0.39, 0.29) is 6.61 Å². The van der Waals surface area contributed by atoms with E-state index in [0.717, 1.165) is 5.56 Å². The minimum absolute atomic E-state index is 0.0963. The Morgan fingerprint density at radius 1 is 1.47 bits per heavy atom. The number of rotatable bonds is 0. The van der Waals surface area contributed by atoms with Crippen LogP contribution in [0.15, 0.2) is 18.2 Å². The van der Waals surface area contributed by atoms with E-state index in [9.17, 15) is 4.39 Å². The molecule has 0 saturated carbocycles. The van der Waals surface area contributed by atoms with E-state index in [1.165, 1.54) is 0 Å². The Labute approximate surface area is 98.8 Å². The molecule has 2 heterocycles. The lowest BCUT2D eigenvalue weighted by Crippen LogP contribution is -2.50. The van der Waals surface area contributed by atoms with Crippen LogP contribution in [0.1, 0.15) is 17.5 Å². The summed E-state index contributed by atoms with van der Waals surface area (Å²) >= 11 is 0. The molecule has 17 heavy (non-hydrogen) atoms. The standard InChI is InChI=1S/C13H12FNO2/c14-12-8-16-4-3-13(12)6-10-5-9(7-15)1-2-11(10)17-13/h1-2,5,12H,3-4,6,8H2. The van der Waals surface area contributed by atoms with Gasteiger partial charge in [0.2, 0.25) is 0 Å². The van der Waals surface area contributed by atoms with Gasteiger partial charge in [-0.2, -0.15) is 5.26 Å². The third kappa shape index (κ3) is 1.58. The van der Waals surface area contributed by atoms with E-state index in [1.54, 1.807) is 18.2 Å². The highest BCUT2D eigenvalue weighted by Gasteiger charge is 2.48. The first-order valence-corrected chi connectivity index (χ1v) is 5.67. The van der Waals surface area contributed by atoms with Crippen LogP contribution in [-0.4, -0.2) is 25.0 Å². The molecule has 1 saturated heterocycles. The van der Waals surface area contributed by atoms with Gasteiger partial charge < -0.3 is 9.47 Å². The summed E-state index contributed by atoms with van der Waals surface area (Å²) in [6.07, 6.45) is -0.0122. The monoisotopic (exact) mass is 233 g/mol. The van der Waals surface area contributed by atoms with Crippen molar-refractivity contribution in [3.8, 4) is 11.8 Å². The van der Waals surface area contributed by atoms with Crippen LogP contribution in [0, 0.1) is 11.3 Å². The van der Waals surface area contributed by atoms with Crippen molar-refractivity contribution in [2.75, 3.05) is 13.2 Å². The summed E-state index contributed by atoms with van der Waals surface area (Å²) in [5.41, 5.74) is 0.745. The van der Waals surface area contributed by atoms with Crippen LogP contribution in [0.4, 0.5) is 4.39 Å². The summed E-state index contributed by atoms with van der Waals surface area (Å²) in [5, 5.41) is 8.84. The van der Waals surface area contributed by atoms with Crippen molar-refractivity contribution >= 4 is 0 Å². The Hall–Kier alpha value is -1.60. The van der Waals surface area contributed by atoms with Gasteiger partial charge in [0.15, 0.2) is 6.17 Å². The predicted octanol–water partition coefficient (Wildman–Crippen LogP) is 1.99. The van der Waals surface area contributed by atoms with Gasteiger partial charge in [-0.1, -0.05) is 0 Å². The normalized spacial score (nSPS) is 30.7. The molecule has 2 aliphatic rings. The lowest BCUT2D eigenvalue weighted by molar-refractivity contribution is -0.0954. The van der Waals surface area contributed by atoms with Crippen molar-refractivity contribution in [3.05, 3.63) is 29.3 Å². The fourth-order valence-electron chi connectivity index (χ4n) is 2.52. The fourth-order valence-corrected chi connectivity index (χ4v) is 2.52. The highest BCUT2D eigenvalue weighted by molar-refractivity contribution is 5.46. The highest BCUT2D eigenvalue weighted by atomic mass is 19.1. The van der Waals surface area contributed by atoms with Crippen LogP contribution in [0.3, 0.4) is 0 Å². The summed E-state index contributed by atoms with van der Waals surface area (Å²) in [6.45, 7) is 0.624.